The number of amides is 1. The predicted molar refractivity (Wildman–Crippen MR) is 86.4 cm³/mol. The average molecular weight is 280 g/mol. The third-order valence-electron chi connectivity index (χ3n) is 4.11. The Kier molecular flexibility index (Phi) is 3.65. The fourth-order valence-corrected chi connectivity index (χ4v) is 2.86. The van der Waals surface area contributed by atoms with E-state index < -0.39 is 0 Å². The van der Waals surface area contributed by atoms with Gasteiger partial charge in [-0.05, 0) is 37.5 Å². The molecule has 0 bridgehead atoms. The number of carbonyl (C=O) groups is 1. The van der Waals surface area contributed by atoms with Crippen LogP contribution in [0.4, 0.5) is 11.4 Å². The summed E-state index contributed by atoms with van der Waals surface area (Å²) in [5, 5.41) is 0. The third kappa shape index (κ3) is 2.77. The van der Waals surface area contributed by atoms with Gasteiger partial charge in [-0.2, -0.15) is 0 Å². The molecule has 2 N–H and O–H groups in total. The lowest BCUT2D eigenvalue weighted by atomic mass is 10.1. The lowest BCUT2D eigenvalue weighted by Crippen LogP contribution is -2.29. The Bertz CT molecular complexity index is 661. The average Bonchev–Trinajstić information content (AvgIpc) is 2.92. The van der Waals surface area contributed by atoms with Crippen LogP contribution in [0.25, 0.3) is 0 Å². The maximum Gasteiger partial charge on any atom is 0.227 e. The zero-order valence-corrected chi connectivity index (χ0v) is 12.3. The molecule has 0 atom stereocenters. The molecule has 2 aromatic carbocycles. The van der Waals surface area contributed by atoms with E-state index in [-0.39, 0.29) is 5.91 Å². The van der Waals surface area contributed by atoms with Gasteiger partial charge >= 0.3 is 0 Å². The highest BCUT2D eigenvalue weighted by Crippen LogP contribution is 2.32. The van der Waals surface area contributed by atoms with Crippen molar-refractivity contribution in [3.63, 3.8) is 0 Å². The van der Waals surface area contributed by atoms with Gasteiger partial charge in [0.15, 0.2) is 0 Å². The Balaban J connectivity index is 1.68. The van der Waals surface area contributed by atoms with Crippen LogP contribution >= 0.6 is 0 Å². The number of benzene rings is 2. The third-order valence-corrected chi connectivity index (χ3v) is 4.11. The van der Waals surface area contributed by atoms with Crippen LogP contribution in [-0.2, 0) is 17.6 Å². The van der Waals surface area contributed by atoms with Crippen molar-refractivity contribution in [2.24, 2.45) is 0 Å². The van der Waals surface area contributed by atoms with Gasteiger partial charge in [0.2, 0.25) is 5.91 Å². The van der Waals surface area contributed by atoms with Crippen LogP contribution in [0.2, 0.25) is 0 Å². The molecule has 21 heavy (non-hydrogen) atoms. The molecular weight excluding hydrogens is 260 g/mol. The minimum Gasteiger partial charge on any atom is -0.398 e. The van der Waals surface area contributed by atoms with E-state index in [1.807, 2.05) is 23.1 Å². The van der Waals surface area contributed by atoms with Crippen molar-refractivity contribution in [3.05, 3.63) is 59.2 Å². The van der Waals surface area contributed by atoms with Crippen LogP contribution in [-0.4, -0.2) is 12.5 Å². The van der Waals surface area contributed by atoms with Gasteiger partial charge in [0.1, 0.15) is 0 Å². The van der Waals surface area contributed by atoms with E-state index in [9.17, 15) is 4.79 Å². The summed E-state index contributed by atoms with van der Waals surface area (Å²) in [5.74, 6) is 0.180. The first-order valence-electron chi connectivity index (χ1n) is 7.38. The first-order valence-corrected chi connectivity index (χ1v) is 7.38. The standard InChI is InChI=1S/C18H20N2O/c1-13-5-7-14(8-6-13)9-10-18(21)20-12-11-15-16(19)3-2-4-17(15)20/h2-8H,9-12,19H2,1H3. The van der Waals surface area contributed by atoms with E-state index in [1.54, 1.807) is 0 Å². The van der Waals surface area contributed by atoms with Gasteiger partial charge in [0.25, 0.3) is 0 Å². The van der Waals surface area contributed by atoms with E-state index in [1.165, 1.54) is 11.1 Å². The van der Waals surface area contributed by atoms with Gasteiger partial charge in [-0.1, -0.05) is 35.9 Å². The summed E-state index contributed by atoms with van der Waals surface area (Å²) < 4.78 is 0. The van der Waals surface area contributed by atoms with Crippen molar-refractivity contribution in [1.29, 1.82) is 0 Å². The minimum absolute atomic E-state index is 0.180. The molecule has 0 aliphatic carbocycles. The molecule has 0 spiro atoms. The van der Waals surface area contributed by atoms with Gasteiger partial charge < -0.3 is 10.6 Å². The molecule has 108 valence electrons. The summed E-state index contributed by atoms with van der Waals surface area (Å²) in [4.78, 5) is 14.3. The molecule has 1 heterocycles. The molecule has 3 heteroatoms. The lowest BCUT2D eigenvalue weighted by Gasteiger charge is -2.17. The SMILES string of the molecule is Cc1ccc(CCC(=O)N2CCc3c(N)cccc32)cc1. The number of carbonyl (C=O) groups excluding carboxylic acids is 1. The maximum absolute atomic E-state index is 12.4. The molecule has 0 saturated carbocycles. The summed E-state index contributed by atoms with van der Waals surface area (Å²) in [6, 6.07) is 14.2. The van der Waals surface area contributed by atoms with Crippen LogP contribution in [0.15, 0.2) is 42.5 Å². The molecule has 1 amide bonds. The van der Waals surface area contributed by atoms with E-state index in [0.29, 0.717) is 6.42 Å². The lowest BCUT2D eigenvalue weighted by molar-refractivity contribution is -0.118. The van der Waals surface area contributed by atoms with Gasteiger partial charge in [-0.15, -0.1) is 0 Å². The van der Waals surface area contributed by atoms with Crippen LogP contribution in [0.3, 0.4) is 0 Å². The number of rotatable bonds is 3. The number of anilines is 2. The molecule has 0 radical (unpaired) electrons. The summed E-state index contributed by atoms with van der Waals surface area (Å²) >= 11 is 0. The van der Waals surface area contributed by atoms with E-state index in [0.717, 1.165) is 36.3 Å². The predicted octanol–water partition coefficient (Wildman–Crippen LogP) is 3.10. The summed E-state index contributed by atoms with van der Waals surface area (Å²) in [6.07, 6.45) is 2.18. The quantitative estimate of drug-likeness (QED) is 0.878. The number of nitrogen functional groups attached to an aromatic ring is 1. The summed E-state index contributed by atoms with van der Waals surface area (Å²) in [7, 11) is 0. The highest BCUT2D eigenvalue weighted by atomic mass is 16.2. The normalized spacial score (nSPS) is 13.3. The second kappa shape index (κ2) is 5.60. The topological polar surface area (TPSA) is 46.3 Å². The molecule has 0 unspecified atom stereocenters. The fourth-order valence-electron chi connectivity index (χ4n) is 2.86. The number of nitrogens with two attached hydrogens (primary N) is 1. The van der Waals surface area contributed by atoms with Crippen molar-refractivity contribution < 1.29 is 4.79 Å². The second-order valence-corrected chi connectivity index (χ2v) is 5.63. The van der Waals surface area contributed by atoms with Crippen molar-refractivity contribution in [3.8, 4) is 0 Å². The number of fused-ring (bicyclic) bond motifs is 1. The van der Waals surface area contributed by atoms with Crippen molar-refractivity contribution in [2.45, 2.75) is 26.2 Å². The summed E-state index contributed by atoms with van der Waals surface area (Å²) in [5.41, 5.74) is 11.3. The molecule has 0 saturated heterocycles. The van der Waals surface area contributed by atoms with Crippen molar-refractivity contribution in [1.82, 2.24) is 0 Å². The van der Waals surface area contributed by atoms with E-state index in [2.05, 4.69) is 31.2 Å². The Morgan fingerprint density at radius 3 is 2.71 bits per heavy atom. The molecule has 3 nitrogen and oxygen atoms in total. The molecule has 3 rings (SSSR count). The number of hydrogen-bond donors (Lipinski definition) is 1. The Labute approximate surface area is 125 Å². The molecule has 1 aliphatic rings. The molecule has 0 fully saturated rings. The van der Waals surface area contributed by atoms with Crippen LogP contribution in [0.5, 0.6) is 0 Å². The Hall–Kier alpha value is -2.29. The van der Waals surface area contributed by atoms with Crippen LogP contribution in [0.1, 0.15) is 23.1 Å². The minimum atomic E-state index is 0.180. The monoisotopic (exact) mass is 280 g/mol. The first kappa shape index (κ1) is 13.7. The van der Waals surface area contributed by atoms with Gasteiger partial charge in [0.05, 0.1) is 0 Å². The maximum atomic E-state index is 12.4. The zero-order chi connectivity index (χ0) is 14.8. The van der Waals surface area contributed by atoms with Crippen molar-refractivity contribution in [2.75, 3.05) is 17.2 Å². The number of nitrogens with zero attached hydrogens (tertiary/aromatic N) is 1. The smallest absolute Gasteiger partial charge is 0.227 e. The van der Waals surface area contributed by atoms with Crippen LogP contribution < -0.4 is 10.6 Å². The highest BCUT2D eigenvalue weighted by molar-refractivity contribution is 5.96. The van der Waals surface area contributed by atoms with Crippen molar-refractivity contribution >= 4 is 17.3 Å². The molecular formula is C18H20N2O. The van der Waals surface area contributed by atoms with E-state index in [4.69, 9.17) is 5.73 Å². The second-order valence-electron chi connectivity index (χ2n) is 5.63. The highest BCUT2D eigenvalue weighted by Gasteiger charge is 2.25. The largest absolute Gasteiger partial charge is 0.398 e. The summed E-state index contributed by atoms with van der Waals surface area (Å²) in [6.45, 7) is 2.82. The van der Waals surface area contributed by atoms with Gasteiger partial charge in [-0.3, -0.25) is 4.79 Å². The molecule has 1 aliphatic heterocycles. The van der Waals surface area contributed by atoms with Gasteiger partial charge in [-0.25, -0.2) is 0 Å². The van der Waals surface area contributed by atoms with Crippen LogP contribution in [0, 0.1) is 6.92 Å². The fraction of sp³-hybridized carbons (Fsp3) is 0.278. The molecule has 0 aromatic heterocycles. The number of aryl methyl sites for hydroxylation is 2. The van der Waals surface area contributed by atoms with E-state index >= 15 is 0 Å². The van der Waals surface area contributed by atoms with Gasteiger partial charge in [0, 0.05) is 29.9 Å². The Morgan fingerprint density at radius 1 is 1.19 bits per heavy atom. The number of hydrogen-bond acceptors (Lipinski definition) is 2. The first-order chi connectivity index (χ1) is 10.1. The Morgan fingerprint density at radius 2 is 1.95 bits per heavy atom. The zero-order valence-electron chi connectivity index (χ0n) is 12.3. The molecule has 2 aromatic rings.